The van der Waals surface area contributed by atoms with E-state index in [1.54, 1.807) is 6.07 Å². The Labute approximate surface area is 176 Å². The number of benzene rings is 1. The quantitative estimate of drug-likeness (QED) is 0.639. The number of fused-ring (bicyclic) bond motifs is 2. The van der Waals surface area contributed by atoms with Crippen molar-refractivity contribution in [2.24, 2.45) is 0 Å². The number of ether oxygens (including phenoxy) is 1. The highest BCUT2D eigenvalue weighted by molar-refractivity contribution is 5.98. The zero-order valence-corrected chi connectivity index (χ0v) is 16.7. The Morgan fingerprint density at radius 3 is 2.65 bits per heavy atom. The Morgan fingerprint density at radius 2 is 1.87 bits per heavy atom. The molecule has 0 atom stereocenters. The van der Waals surface area contributed by atoms with Crippen LogP contribution in [-0.2, 0) is 11.2 Å². The van der Waals surface area contributed by atoms with E-state index in [2.05, 4.69) is 4.90 Å². The van der Waals surface area contributed by atoms with Crippen molar-refractivity contribution >= 4 is 17.4 Å². The number of morpholine rings is 1. The normalized spacial score (nSPS) is 17.3. The molecule has 2 aliphatic heterocycles. The van der Waals surface area contributed by atoms with Gasteiger partial charge in [0, 0.05) is 37.0 Å². The second-order valence-electron chi connectivity index (χ2n) is 7.78. The molecule has 4 heterocycles. The molecule has 6 nitrogen and oxygen atoms in total. The van der Waals surface area contributed by atoms with Crippen LogP contribution in [0.3, 0.4) is 0 Å². The first-order valence-electron chi connectivity index (χ1n) is 10.2. The Balaban J connectivity index is 1.59. The van der Waals surface area contributed by atoms with Gasteiger partial charge in [-0.3, -0.25) is 9.20 Å². The van der Waals surface area contributed by atoms with E-state index in [0.717, 1.165) is 33.2 Å². The van der Waals surface area contributed by atoms with E-state index in [4.69, 9.17) is 9.72 Å². The van der Waals surface area contributed by atoms with Crippen molar-refractivity contribution in [3.8, 4) is 11.3 Å². The maximum absolute atomic E-state index is 12.9. The van der Waals surface area contributed by atoms with Gasteiger partial charge < -0.3 is 14.5 Å². The van der Waals surface area contributed by atoms with Gasteiger partial charge in [-0.25, -0.2) is 4.98 Å². The molecule has 0 spiro atoms. The van der Waals surface area contributed by atoms with Crippen molar-refractivity contribution in [1.29, 1.82) is 0 Å². The van der Waals surface area contributed by atoms with Gasteiger partial charge in [-0.05, 0) is 30.2 Å². The van der Waals surface area contributed by atoms with E-state index < -0.39 is 18.6 Å². The van der Waals surface area contributed by atoms with Gasteiger partial charge in [-0.15, -0.1) is 0 Å². The number of alkyl halides is 3. The average molecular weight is 430 g/mol. The monoisotopic (exact) mass is 430 g/mol. The molecule has 0 radical (unpaired) electrons. The van der Waals surface area contributed by atoms with E-state index in [1.165, 1.54) is 0 Å². The third-order valence-electron chi connectivity index (χ3n) is 5.74. The number of pyridine rings is 1. The number of hydrogen-bond acceptors (Lipinski definition) is 4. The maximum Gasteiger partial charge on any atom is 0.406 e. The summed E-state index contributed by atoms with van der Waals surface area (Å²) in [5.41, 5.74) is 3.43. The molecule has 0 unspecified atom stereocenters. The minimum atomic E-state index is -4.42. The van der Waals surface area contributed by atoms with Gasteiger partial charge in [-0.2, -0.15) is 13.2 Å². The van der Waals surface area contributed by atoms with Crippen LogP contribution in [0.1, 0.15) is 15.9 Å². The molecular formula is C22H21F3N4O2. The van der Waals surface area contributed by atoms with E-state index >= 15 is 0 Å². The fraction of sp³-hybridized carbons (Fsp3) is 0.364. The minimum Gasteiger partial charge on any atom is -0.378 e. The molecule has 0 bridgehead atoms. The standard InChI is InChI=1S/C22H21F3N4O2/c23-22(24,25)14-28-8-6-15-4-5-16(13-17(15)21(28)30)19-20(27-9-11-31-12-10-27)26-18-3-1-2-7-29(18)19/h1-5,7,13H,6,8-12,14H2. The highest BCUT2D eigenvalue weighted by atomic mass is 19.4. The van der Waals surface area contributed by atoms with Gasteiger partial charge in [-0.1, -0.05) is 18.2 Å². The van der Waals surface area contributed by atoms with Crippen LogP contribution >= 0.6 is 0 Å². The molecule has 1 aromatic carbocycles. The number of carbonyl (C=O) groups excluding carboxylic acids is 1. The number of imidazole rings is 1. The van der Waals surface area contributed by atoms with Gasteiger partial charge in [0.15, 0.2) is 5.82 Å². The van der Waals surface area contributed by atoms with Crippen LogP contribution in [0.2, 0.25) is 0 Å². The third-order valence-corrected chi connectivity index (χ3v) is 5.74. The summed E-state index contributed by atoms with van der Waals surface area (Å²) in [6, 6.07) is 11.2. The molecule has 1 saturated heterocycles. The van der Waals surface area contributed by atoms with Crippen LogP contribution < -0.4 is 4.90 Å². The van der Waals surface area contributed by atoms with Crippen molar-refractivity contribution in [2.75, 3.05) is 44.3 Å². The van der Waals surface area contributed by atoms with Crippen LogP contribution in [-0.4, -0.2) is 65.8 Å². The topological polar surface area (TPSA) is 50.1 Å². The van der Waals surface area contributed by atoms with Gasteiger partial charge in [0.1, 0.15) is 12.2 Å². The van der Waals surface area contributed by atoms with Crippen molar-refractivity contribution in [1.82, 2.24) is 14.3 Å². The van der Waals surface area contributed by atoms with Crippen molar-refractivity contribution < 1.29 is 22.7 Å². The van der Waals surface area contributed by atoms with Crippen molar-refractivity contribution in [2.45, 2.75) is 12.6 Å². The molecule has 2 aliphatic rings. The first-order chi connectivity index (χ1) is 14.9. The molecule has 31 heavy (non-hydrogen) atoms. The SMILES string of the molecule is O=C1c2cc(-c3c(N4CCOCC4)nc4ccccn34)ccc2CCN1CC(F)(F)F. The lowest BCUT2D eigenvalue weighted by molar-refractivity contribution is -0.141. The van der Waals surface area contributed by atoms with Crippen LogP contribution in [0.4, 0.5) is 19.0 Å². The van der Waals surface area contributed by atoms with Gasteiger partial charge in [0.2, 0.25) is 0 Å². The summed E-state index contributed by atoms with van der Waals surface area (Å²) < 4.78 is 46.1. The Bertz CT molecular complexity index is 1140. The third kappa shape index (κ3) is 3.74. The minimum absolute atomic E-state index is 0.0688. The molecule has 9 heteroatoms. The summed E-state index contributed by atoms with van der Waals surface area (Å²) >= 11 is 0. The lowest BCUT2D eigenvalue weighted by atomic mass is 9.95. The lowest BCUT2D eigenvalue weighted by Crippen LogP contribution is -2.43. The Kier molecular flexibility index (Phi) is 4.85. The van der Waals surface area contributed by atoms with Crippen LogP contribution in [0.5, 0.6) is 0 Å². The summed E-state index contributed by atoms with van der Waals surface area (Å²) in [5.74, 6) is 0.201. The molecule has 5 rings (SSSR count). The average Bonchev–Trinajstić information content (AvgIpc) is 3.15. The van der Waals surface area contributed by atoms with E-state index in [-0.39, 0.29) is 6.54 Å². The second-order valence-corrected chi connectivity index (χ2v) is 7.78. The summed E-state index contributed by atoms with van der Waals surface area (Å²) in [6.45, 7) is 1.43. The Morgan fingerprint density at radius 1 is 1.06 bits per heavy atom. The number of rotatable bonds is 3. The summed E-state index contributed by atoms with van der Waals surface area (Å²) in [6.07, 6.45) is -2.12. The highest BCUT2D eigenvalue weighted by Crippen LogP contribution is 2.34. The molecule has 0 saturated carbocycles. The number of halogens is 3. The number of aromatic nitrogens is 2. The van der Waals surface area contributed by atoms with Crippen molar-refractivity contribution in [3.05, 3.63) is 53.7 Å². The zero-order chi connectivity index (χ0) is 21.6. The predicted molar refractivity (Wildman–Crippen MR) is 109 cm³/mol. The molecular weight excluding hydrogens is 409 g/mol. The van der Waals surface area contributed by atoms with E-state index in [9.17, 15) is 18.0 Å². The highest BCUT2D eigenvalue weighted by Gasteiger charge is 2.36. The molecule has 2 aromatic heterocycles. The second kappa shape index (κ2) is 7.56. The molecule has 1 amide bonds. The fourth-order valence-electron chi connectivity index (χ4n) is 4.28. The van der Waals surface area contributed by atoms with Gasteiger partial charge in [0.05, 0.1) is 18.9 Å². The van der Waals surface area contributed by atoms with Crippen LogP contribution in [0, 0.1) is 0 Å². The van der Waals surface area contributed by atoms with Crippen molar-refractivity contribution in [3.63, 3.8) is 0 Å². The van der Waals surface area contributed by atoms with E-state index in [1.807, 2.05) is 40.9 Å². The smallest absolute Gasteiger partial charge is 0.378 e. The molecule has 1 fully saturated rings. The molecule has 0 N–H and O–H groups in total. The van der Waals surface area contributed by atoms with Crippen LogP contribution in [0.15, 0.2) is 42.6 Å². The molecule has 162 valence electrons. The molecule has 0 aliphatic carbocycles. The summed E-state index contributed by atoms with van der Waals surface area (Å²) in [5, 5.41) is 0. The number of hydrogen-bond donors (Lipinski definition) is 0. The summed E-state index contributed by atoms with van der Waals surface area (Å²) in [7, 11) is 0. The zero-order valence-electron chi connectivity index (χ0n) is 16.7. The Hall–Kier alpha value is -3.07. The fourth-order valence-corrected chi connectivity index (χ4v) is 4.28. The summed E-state index contributed by atoms with van der Waals surface area (Å²) in [4.78, 5) is 20.7. The molecule has 3 aromatic rings. The lowest BCUT2D eigenvalue weighted by Gasteiger charge is -2.30. The van der Waals surface area contributed by atoms with Gasteiger partial charge >= 0.3 is 6.18 Å². The largest absolute Gasteiger partial charge is 0.406 e. The predicted octanol–water partition coefficient (Wildman–Crippen LogP) is 3.40. The first kappa shape index (κ1) is 19.9. The van der Waals surface area contributed by atoms with E-state index in [0.29, 0.717) is 38.3 Å². The van der Waals surface area contributed by atoms with Crippen LogP contribution in [0.25, 0.3) is 16.9 Å². The van der Waals surface area contributed by atoms with Gasteiger partial charge in [0.25, 0.3) is 5.91 Å². The number of amides is 1. The first-order valence-corrected chi connectivity index (χ1v) is 10.2. The number of nitrogens with zero attached hydrogens (tertiary/aromatic N) is 4. The number of anilines is 1. The number of carbonyl (C=O) groups is 1. The maximum atomic E-state index is 12.9.